The molecule has 0 atom stereocenters. The maximum atomic E-state index is 12.7. The molecule has 0 heterocycles. The minimum absolute atomic E-state index is 0.0698. The molecule has 0 fully saturated rings. The summed E-state index contributed by atoms with van der Waals surface area (Å²) in [5.41, 5.74) is 0.479. The van der Waals surface area contributed by atoms with E-state index >= 15 is 0 Å². The first-order valence-electron chi connectivity index (χ1n) is 6.35. The van der Waals surface area contributed by atoms with E-state index in [4.69, 9.17) is 14.2 Å². The number of methoxy groups -OCH3 is 3. The molecule has 0 amide bonds. The molecule has 116 valence electrons. The Hall–Kier alpha value is -2.21. The van der Waals surface area contributed by atoms with Gasteiger partial charge in [0.1, 0.15) is 33.0 Å². The smallest absolute Gasteiger partial charge is 0.200 e. The number of ether oxygens (including phenoxy) is 3. The third-order valence-electron chi connectivity index (χ3n) is 3.19. The van der Waals surface area contributed by atoms with Crippen LogP contribution in [0.15, 0.2) is 34.8 Å². The van der Waals surface area contributed by atoms with Crippen LogP contribution in [0.1, 0.15) is 15.9 Å². The molecule has 5 nitrogen and oxygen atoms in total. The summed E-state index contributed by atoms with van der Waals surface area (Å²) < 4.78 is 15.7. The van der Waals surface area contributed by atoms with Crippen LogP contribution in [0.4, 0.5) is 0 Å². The lowest BCUT2D eigenvalue weighted by Gasteiger charge is -2.14. The van der Waals surface area contributed by atoms with Crippen molar-refractivity contribution in [3.63, 3.8) is 0 Å². The molecule has 0 unspecified atom stereocenters. The topological polar surface area (TPSA) is 65.0 Å². The zero-order valence-corrected chi connectivity index (χ0v) is 13.9. The maximum Gasteiger partial charge on any atom is 0.200 e. The zero-order chi connectivity index (χ0) is 16.3. The van der Waals surface area contributed by atoms with Gasteiger partial charge < -0.3 is 19.3 Å². The molecule has 0 aliphatic carbocycles. The summed E-state index contributed by atoms with van der Waals surface area (Å²) in [6, 6.07) is 8.14. The fourth-order valence-electron chi connectivity index (χ4n) is 2.01. The van der Waals surface area contributed by atoms with Crippen LogP contribution in [0, 0.1) is 0 Å². The Labute approximate surface area is 136 Å². The minimum Gasteiger partial charge on any atom is -0.506 e. The number of halogens is 1. The summed E-state index contributed by atoms with van der Waals surface area (Å²) in [6.45, 7) is 0. The second kappa shape index (κ2) is 6.70. The molecule has 22 heavy (non-hydrogen) atoms. The first-order chi connectivity index (χ1) is 10.5. The van der Waals surface area contributed by atoms with E-state index in [1.54, 1.807) is 37.4 Å². The summed E-state index contributed by atoms with van der Waals surface area (Å²) in [5, 5.41) is 10.3. The third kappa shape index (κ3) is 2.87. The number of carbonyl (C=O) groups excluding carboxylic acids is 1. The van der Waals surface area contributed by atoms with Gasteiger partial charge >= 0.3 is 0 Å². The van der Waals surface area contributed by atoms with Crippen LogP contribution in [-0.2, 0) is 0 Å². The largest absolute Gasteiger partial charge is 0.506 e. The predicted molar refractivity (Wildman–Crippen MR) is 85.3 cm³/mol. The standard InChI is InChI=1S/C16H15BrO5/c1-20-10-6-4-9(5-7-10)15(18)13-11(21-2)8-12(22-3)14(17)16(13)19/h4-8,19H,1-3H3. The van der Waals surface area contributed by atoms with Gasteiger partial charge in [0.25, 0.3) is 0 Å². The van der Waals surface area contributed by atoms with Crippen molar-refractivity contribution in [1.82, 2.24) is 0 Å². The average Bonchev–Trinajstić information content (AvgIpc) is 2.56. The molecule has 0 saturated heterocycles. The van der Waals surface area contributed by atoms with Crippen molar-refractivity contribution < 1.29 is 24.1 Å². The summed E-state index contributed by atoms with van der Waals surface area (Å²) in [6.07, 6.45) is 0. The highest BCUT2D eigenvalue weighted by atomic mass is 79.9. The summed E-state index contributed by atoms with van der Waals surface area (Å²) in [5.74, 6) is 0.667. The van der Waals surface area contributed by atoms with Crippen molar-refractivity contribution in [2.75, 3.05) is 21.3 Å². The molecule has 0 radical (unpaired) electrons. The van der Waals surface area contributed by atoms with Gasteiger partial charge in [0, 0.05) is 11.6 Å². The third-order valence-corrected chi connectivity index (χ3v) is 3.96. The van der Waals surface area contributed by atoms with E-state index in [1.165, 1.54) is 14.2 Å². The van der Waals surface area contributed by atoms with Crippen molar-refractivity contribution in [2.24, 2.45) is 0 Å². The fourth-order valence-corrected chi connectivity index (χ4v) is 2.49. The van der Waals surface area contributed by atoms with Crippen molar-refractivity contribution in [2.45, 2.75) is 0 Å². The Morgan fingerprint density at radius 2 is 1.59 bits per heavy atom. The molecule has 1 N–H and O–H groups in total. The van der Waals surface area contributed by atoms with E-state index in [0.717, 1.165) is 0 Å². The van der Waals surface area contributed by atoms with Crippen LogP contribution in [0.5, 0.6) is 23.0 Å². The van der Waals surface area contributed by atoms with Crippen LogP contribution >= 0.6 is 15.9 Å². The number of phenols is 1. The number of carbonyl (C=O) groups is 1. The highest BCUT2D eigenvalue weighted by Crippen LogP contribution is 2.43. The first kappa shape index (κ1) is 16.2. The van der Waals surface area contributed by atoms with Gasteiger partial charge in [-0.2, -0.15) is 0 Å². The fraction of sp³-hybridized carbons (Fsp3) is 0.188. The number of benzene rings is 2. The van der Waals surface area contributed by atoms with Gasteiger partial charge in [0.2, 0.25) is 5.78 Å². The Bertz CT molecular complexity index is 695. The van der Waals surface area contributed by atoms with E-state index in [9.17, 15) is 9.90 Å². The first-order valence-corrected chi connectivity index (χ1v) is 7.15. The quantitative estimate of drug-likeness (QED) is 0.821. The second-order valence-corrected chi connectivity index (χ2v) is 5.17. The molecule has 0 bridgehead atoms. The lowest BCUT2D eigenvalue weighted by Crippen LogP contribution is -2.05. The second-order valence-electron chi connectivity index (χ2n) is 4.38. The molecule has 0 aromatic heterocycles. The normalized spacial score (nSPS) is 10.2. The van der Waals surface area contributed by atoms with Crippen molar-refractivity contribution in [1.29, 1.82) is 0 Å². The summed E-state index contributed by atoms with van der Waals surface area (Å²) >= 11 is 3.22. The van der Waals surface area contributed by atoms with Gasteiger partial charge in [-0.3, -0.25) is 4.79 Å². The molecular formula is C16H15BrO5. The van der Waals surface area contributed by atoms with Crippen LogP contribution in [0.2, 0.25) is 0 Å². The number of hydrogen-bond donors (Lipinski definition) is 1. The molecule has 2 aromatic rings. The Balaban J connectivity index is 2.54. The van der Waals surface area contributed by atoms with E-state index in [-0.39, 0.29) is 22.8 Å². The highest BCUT2D eigenvalue weighted by molar-refractivity contribution is 9.10. The predicted octanol–water partition coefficient (Wildman–Crippen LogP) is 3.41. The Morgan fingerprint density at radius 1 is 1.00 bits per heavy atom. The van der Waals surface area contributed by atoms with Crippen molar-refractivity contribution in [3.05, 3.63) is 45.9 Å². The minimum atomic E-state index is -0.361. The van der Waals surface area contributed by atoms with Gasteiger partial charge in [-0.05, 0) is 40.2 Å². The number of aromatic hydroxyl groups is 1. The SMILES string of the molecule is COc1ccc(C(=O)c2c(OC)cc(OC)c(Br)c2O)cc1. The molecule has 0 aliphatic heterocycles. The molecule has 0 spiro atoms. The summed E-state index contributed by atoms with van der Waals surface area (Å²) in [7, 11) is 4.43. The van der Waals surface area contributed by atoms with Crippen LogP contribution in [0.25, 0.3) is 0 Å². The lowest BCUT2D eigenvalue weighted by molar-refractivity contribution is 0.103. The van der Waals surface area contributed by atoms with E-state index in [0.29, 0.717) is 21.5 Å². The number of rotatable bonds is 5. The molecular weight excluding hydrogens is 352 g/mol. The van der Waals surface area contributed by atoms with Gasteiger partial charge in [0.05, 0.1) is 21.3 Å². The van der Waals surface area contributed by atoms with Crippen molar-refractivity contribution in [3.8, 4) is 23.0 Å². The molecule has 0 aliphatic rings. The number of phenolic OH excluding ortho intramolecular Hbond substituents is 1. The van der Waals surface area contributed by atoms with Gasteiger partial charge in [-0.1, -0.05) is 0 Å². The van der Waals surface area contributed by atoms with E-state index in [2.05, 4.69) is 15.9 Å². The Morgan fingerprint density at radius 3 is 2.09 bits per heavy atom. The average molecular weight is 367 g/mol. The van der Waals surface area contributed by atoms with Crippen LogP contribution in [0.3, 0.4) is 0 Å². The van der Waals surface area contributed by atoms with Gasteiger partial charge in [0.15, 0.2) is 0 Å². The molecule has 2 aromatic carbocycles. The molecule has 0 saturated carbocycles. The maximum absolute atomic E-state index is 12.7. The molecule has 2 rings (SSSR count). The number of ketones is 1. The lowest BCUT2D eigenvalue weighted by atomic mass is 10.0. The van der Waals surface area contributed by atoms with Crippen LogP contribution < -0.4 is 14.2 Å². The molecule has 6 heteroatoms. The van der Waals surface area contributed by atoms with E-state index in [1.807, 2.05) is 0 Å². The number of hydrogen-bond acceptors (Lipinski definition) is 5. The van der Waals surface area contributed by atoms with Crippen LogP contribution in [-0.4, -0.2) is 32.2 Å². The zero-order valence-electron chi connectivity index (χ0n) is 12.3. The van der Waals surface area contributed by atoms with Gasteiger partial charge in [-0.25, -0.2) is 0 Å². The Kier molecular flexibility index (Phi) is 4.92. The highest BCUT2D eigenvalue weighted by Gasteiger charge is 2.24. The van der Waals surface area contributed by atoms with Crippen molar-refractivity contribution >= 4 is 21.7 Å². The summed E-state index contributed by atoms with van der Waals surface area (Å²) in [4.78, 5) is 12.7. The van der Waals surface area contributed by atoms with E-state index < -0.39 is 0 Å². The monoisotopic (exact) mass is 366 g/mol. The van der Waals surface area contributed by atoms with Gasteiger partial charge in [-0.15, -0.1) is 0 Å².